The van der Waals surface area contributed by atoms with Crippen molar-refractivity contribution in [2.24, 2.45) is 0 Å². The van der Waals surface area contributed by atoms with E-state index in [1.807, 2.05) is 24.3 Å². The van der Waals surface area contributed by atoms with Crippen molar-refractivity contribution in [3.8, 4) is 0 Å². The molecule has 3 aromatic carbocycles. The van der Waals surface area contributed by atoms with Crippen molar-refractivity contribution in [2.45, 2.75) is 18.5 Å². The topological polar surface area (TPSA) is 0 Å². The predicted octanol–water partition coefficient (Wildman–Crippen LogP) is 6.06. The van der Waals surface area contributed by atoms with Gasteiger partial charge < -0.3 is 0 Å². The highest BCUT2D eigenvalue weighted by Gasteiger charge is 2.34. The lowest BCUT2D eigenvalue weighted by molar-refractivity contribution is -0.136. The average molecular weight is 318 g/mol. The maximum Gasteiger partial charge on any atom is 0.390 e. The minimum Gasteiger partial charge on any atom is -0.207 e. The Morgan fingerprint density at radius 3 is 2.13 bits per heavy atom. The van der Waals surface area contributed by atoms with E-state index >= 15 is 0 Å². The van der Waals surface area contributed by atoms with Gasteiger partial charge >= 0.3 is 6.18 Å². The van der Waals surface area contributed by atoms with Crippen LogP contribution >= 0.6 is 0 Å². The van der Waals surface area contributed by atoms with Gasteiger partial charge in [0, 0.05) is 5.92 Å². The van der Waals surface area contributed by atoms with Gasteiger partial charge in [-0.2, -0.15) is 13.2 Å². The van der Waals surface area contributed by atoms with Crippen LogP contribution in [-0.2, 0) is 0 Å². The zero-order chi connectivity index (χ0) is 16.4. The normalized spacial score (nSPS) is 13.2. The van der Waals surface area contributed by atoms with Gasteiger partial charge in [-0.3, -0.25) is 0 Å². The molecule has 3 rings (SSSR count). The van der Waals surface area contributed by atoms with Gasteiger partial charge in [-0.05, 0) is 34.0 Å². The third-order valence-electron chi connectivity index (χ3n) is 3.91. The van der Waals surface area contributed by atoms with Crippen molar-refractivity contribution < 1.29 is 17.6 Å². The predicted molar refractivity (Wildman–Crippen MR) is 82.9 cm³/mol. The molecule has 0 saturated heterocycles. The molecule has 4 heteroatoms. The zero-order valence-electron chi connectivity index (χ0n) is 12.1. The Bertz CT molecular complexity index is 798. The van der Waals surface area contributed by atoms with Gasteiger partial charge in [0.2, 0.25) is 0 Å². The van der Waals surface area contributed by atoms with Gasteiger partial charge in [0.15, 0.2) is 0 Å². The van der Waals surface area contributed by atoms with Crippen molar-refractivity contribution in [1.82, 2.24) is 0 Å². The van der Waals surface area contributed by atoms with Crippen LogP contribution in [0, 0.1) is 5.82 Å². The van der Waals surface area contributed by atoms with Crippen molar-refractivity contribution in [3.63, 3.8) is 0 Å². The van der Waals surface area contributed by atoms with Crippen molar-refractivity contribution in [1.29, 1.82) is 0 Å². The van der Waals surface area contributed by atoms with Gasteiger partial charge in [-0.25, -0.2) is 4.39 Å². The van der Waals surface area contributed by atoms with E-state index in [0.29, 0.717) is 11.1 Å². The fraction of sp³-hybridized carbons (Fsp3) is 0.158. The quantitative estimate of drug-likeness (QED) is 0.515. The maximum absolute atomic E-state index is 13.1. The molecule has 0 fully saturated rings. The third-order valence-corrected chi connectivity index (χ3v) is 3.91. The van der Waals surface area contributed by atoms with Gasteiger partial charge in [0.05, 0.1) is 6.42 Å². The van der Waals surface area contributed by atoms with Gasteiger partial charge in [-0.1, -0.05) is 54.6 Å². The Morgan fingerprint density at radius 1 is 0.783 bits per heavy atom. The molecule has 0 aliphatic heterocycles. The number of hydrogen-bond acceptors (Lipinski definition) is 0. The Balaban J connectivity index is 2.15. The summed E-state index contributed by atoms with van der Waals surface area (Å²) in [6.45, 7) is 0. The Morgan fingerprint density at radius 2 is 1.43 bits per heavy atom. The van der Waals surface area contributed by atoms with E-state index in [-0.39, 0.29) is 0 Å². The molecule has 0 unspecified atom stereocenters. The summed E-state index contributed by atoms with van der Waals surface area (Å²) >= 11 is 0. The molecule has 3 aromatic rings. The first-order valence-electron chi connectivity index (χ1n) is 7.24. The zero-order valence-corrected chi connectivity index (χ0v) is 12.1. The lowest BCUT2D eigenvalue weighted by Gasteiger charge is -2.21. The molecule has 0 aromatic heterocycles. The van der Waals surface area contributed by atoms with Gasteiger partial charge in [0.1, 0.15) is 5.82 Å². The number of rotatable bonds is 3. The van der Waals surface area contributed by atoms with Crippen molar-refractivity contribution >= 4 is 10.8 Å². The van der Waals surface area contributed by atoms with Crippen LogP contribution in [0.15, 0.2) is 66.7 Å². The molecule has 0 aliphatic rings. The van der Waals surface area contributed by atoms with E-state index in [4.69, 9.17) is 0 Å². The number of hydrogen-bond donors (Lipinski definition) is 0. The highest BCUT2D eigenvalue weighted by Crippen LogP contribution is 2.38. The molecule has 118 valence electrons. The first kappa shape index (κ1) is 15.5. The molecule has 0 amide bonds. The molecule has 1 atom stereocenters. The fourth-order valence-corrected chi connectivity index (χ4v) is 2.89. The molecule has 0 heterocycles. The van der Waals surface area contributed by atoms with Crippen LogP contribution in [0.3, 0.4) is 0 Å². The van der Waals surface area contributed by atoms with Crippen LogP contribution in [0.2, 0.25) is 0 Å². The Labute approximate surface area is 131 Å². The summed E-state index contributed by atoms with van der Waals surface area (Å²) in [5.74, 6) is -1.32. The molecule has 0 bridgehead atoms. The smallest absolute Gasteiger partial charge is 0.207 e. The van der Waals surface area contributed by atoms with Crippen LogP contribution in [0.1, 0.15) is 23.5 Å². The summed E-state index contributed by atoms with van der Waals surface area (Å²) in [5, 5.41) is 1.67. The van der Waals surface area contributed by atoms with Crippen molar-refractivity contribution in [3.05, 3.63) is 83.7 Å². The van der Waals surface area contributed by atoms with Gasteiger partial charge in [0.25, 0.3) is 0 Å². The van der Waals surface area contributed by atoms with E-state index in [1.165, 1.54) is 24.3 Å². The molecule has 0 radical (unpaired) electrons. The van der Waals surface area contributed by atoms with E-state index in [9.17, 15) is 17.6 Å². The summed E-state index contributed by atoms with van der Waals surface area (Å²) in [4.78, 5) is 0. The van der Waals surface area contributed by atoms with Crippen LogP contribution in [0.5, 0.6) is 0 Å². The average Bonchev–Trinajstić information content (AvgIpc) is 2.52. The first-order valence-corrected chi connectivity index (χ1v) is 7.24. The van der Waals surface area contributed by atoms with E-state index in [0.717, 1.165) is 10.8 Å². The van der Waals surface area contributed by atoms with Crippen LogP contribution < -0.4 is 0 Å². The molecule has 0 saturated carbocycles. The molecular weight excluding hydrogens is 304 g/mol. The number of fused-ring (bicyclic) bond motifs is 1. The summed E-state index contributed by atoms with van der Waals surface area (Å²) in [5.41, 5.74) is 1.06. The lowest BCUT2D eigenvalue weighted by atomic mass is 9.85. The maximum atomic E-state index is 13.1. The Hall–Kier alpha value is -2.36. The second kappa shape index (κ2) is 6.03. The summed E-state index contributed by atoms with van der Waals surface area (Å²) in [7, 11) is 0. The van der Waals surface area contributed by atoms with Gasteiger partial charge in [-0.15, -0.1) is 0 Å². The van der Waals surface area contributed by atoms with Crippen LogP contribution in [0.25, 0.3) is 10.8 Å². The van der Waals surface area contributed by atoms with E-state index < -0.39 is 24.3 Å². The third kappa shape index (κ3) is 3.52. The highest BCUT2D eigenvalue weighted by molar-refractivity contribution is 5.86. The summed E-state index contributed by atoms with van der Waals surface area (Å²) in [6, 6.07) is 17.9. The molecule has 0 spiro atoms. The van der Waals surface area contributed by atoms with Crippen molar-refractivity contribution in [2.75, 3.05) is 0 Å². The molecule has 0 aliphatic carbocycles. The van der Waals surface area contributed by atoms with E-state index in [2.05, 4.69) is 0 Å². The molecule has 0 nitrogen and oxygen atoms in total. The second-order valence-electron chi connectivity index (χ2n) is 5.49. The fourth-order valence-electron chi connectivity index (χ4n) is 2.89. The second-order valence-corrected chi connectivity index (χ2v) is 5.49. The largest absolute Gasteiger partial charge is 0.390 e. The number of halogens is 4. The number of benzene rings is 3. The van der Waals surface area contributed by atoms with E-state index in [1.54, 1.807) is 18.2 Å². The Kier molecular flexibility index (Phi) is 4.07. The first-order chi connectivity index (χ1) is 10.9. The minimum absolute atomic E-state index is 0.458. The summed E-state index contributed by atoms with van der Waals surface area (Å²) < 4.78 is 52.4. The van der Waals surface area contributed by atoms with Crippen LogP contribution in [0.4, 0.5) is 17.6 Å². The monoisotopic (exact) mass is 318 g/mol. The molecule has 23 heavy (non-hydrogen) atoms. The molecular formula is C19H14F4. The van der Waals surface area contributed by atoms with Crippen LogP contribution in [-0.4, -0.2) is 6.18 Å². The summed E-state index contributed by atoms with van der Waals surface area (Å²) in [6.07, 6.45) is -5.29. The number of alkyl halides is 3. The molecule has 0 N–H and O–H groups in total. The SMILES string of the molecule is Fc1ccc([C@H](CC(F)(F)F)c2cccc3ccccc23)cc1. The minimum atomic E-state index is -4.31. The standard InChI is InChI=1S/C19H14F4/c20-15-10-8-14(9-11-15)18(12-19(21,22)23)17-7-3-5-13-4-1-2-6-16(13)17/h1-11,18H,12H2/t18-/m0/s1. The lowest BCUT2D eigenvalue weighted by Crippen LogP contribution is -2.15. The highest BCUT2D eigenvalue weighted by atomic mass is 19.4.